The molecule has 1 aromatic carbocycles. The van der Waals surface area contributed by atoms with E-state index in [9.17, 15) is 4.79 Å². The monoisotopic (exact) mass is 252 g/mol. The van der Waals surface area contributed by atoms with Crippen LogP contribution in [0.3, 0.4) is 0 Å². The van der Waals surface area contributed by atoms with Crippen LogP contribution in [-0.4, -0.2) is 19.0 Å². The summed E-state index contributed by atoms with van der Waals surface area (Å²) in [7, 11) is 0. The van der Waals surface area contributed by atoms with Gasteiger partial charge in [-0.25, -0.2) is 0 Å². The van der Waals surface area contributed by atoms with Gasteiger partial charge in [0.1, 0.15) is 6.04 Å². The van der Waals surface area contributed by atoms with Crippen LogP contribution in [-0.2, 0) is 4.79 Å². The van der Waals surface area contributed by atoms with Gasteiger partial charge in [0.15, 0.2) is 0 Å². The number of carbonyl (C=O) groups excluding carboxylic acids is 1. The minimum Gasteiger partial charge on any atom is -0.353 e. The van der Waals surface area contributed by atoms with Crippen LogP contribution >= 0.6 is 12.4 Å². The molecule has 0 radical (unpaired) electrons. The lowest BCUT2D eigenvalue weighted by molar-refractivity contribution is -0.124. The molecule has 17 heavy (non-hydrogen) atoms. The highest BCUT2D eigenvalue weighted by atomic mass is 35.5. The lowest BCUT2D eigenvalue weighted by Crippen LogP contribution is -2.47. The van der Waals surface area contributed by atoms with Gasteiger partial charge in [0.2, 0.25) is 5.91 Å². The fraction of sp³-hybridized carbons (Fsp3) is 0.462. The SMILES string of the molecule is Cl.O=C1NCCNC1c1ccccc1C1CC1. The van der Waals surface area contributed by atoms with Crippen molar-refractivity contribution in [3.05, 3.63) is 35.4 Å². The number of hydrogen-bond acceptors (Lipinski definition) is 2. The molecule has 1 saturated carbocycles. The maximum absolute atomic E-state index is 11.8. The van der Waals surface area contributed by atoms with Crippen LogP contribution in [0.5, 0.6) is 0 Å². The van der Waals surface area contributed by atoms with Crippen molar-refractivity contribution in [2.45, 2.75) is 24.8 Å². The van der Waals surface area contributed by atoms with Crippen LogP contribution in [0.4, 0.5) is 0 Å². The fourth-order valence-electron chi connectivity index (χ4n) is 2.39. The van der Waals surface area contributed by atoms with Crippen LogP contribution in [0.2, 0.25) is 0 Å². The molecule has 1 aliphatic heterocycles. The molecule has 3 rings (SSSR count). The average Bonchev–Trinajstić information content (AvgIpc) is 3.14. The molecular weight excluding hydrogens is 236 g/mol. The molecular formula is C13H17ClN2O. The predicted molar refractivity (Wildman–Crippen MR) is 69.4 cm³/mol. The van der Waals surface area contributed by atoms with Crippen molar-refractivity contribution < 1.29 is 4.79 Å². The number of nitrogens with one attached hydrogen (secondary N) is 2. The third-order valence-corrected chi connectivity index (χ3v) is 3.36. The van der Waals surface area contributed by atoms with Gasteiger partial charge < -0.3 is 10.6 Å². The summed E-state index contributed by atoms with van der Waals surface area (Å²) in [5.74, 6) is 0.798. The highest BCUT2D eigenvalue weighted by molar-refractivity contribution is 5.85. The Bertz CT molecular complexity index is 418. The number of hydrogen-bond donors (Lipinski definition) is 2. The van der Waals surface area contributed by atoms with Crippen LogP contribution in [0.25, 0.3) is 0 Å². The highest BCUT2D eigenvalue weighted by Crippen LogP contribution is 2.43. The Hall–Kier alpha value is -1.06. The predicted octanol–water partition coefficient (Wildman–Crippen LogP) is 1.75. The molecule has 3 nitrogen and oxygen atoms in total. The lowest BCUT2D eigenvalue weighted by atomic mass is 9.96. The van der Waals surface area contributed by atoms with Crippen molar-refractivity contribution in [1.82, 2.24) is 10.6 Å². The molecule has 1 aromatic rings. The summed E-state index contributed by atoms with van der Waals surface area (Å²) < 4.78 is 0. The quantitative estimate of drug-likeness (QED) is 0.842. The van der Waals surface area contributed by atoms with Crippen LogP contribution in [0.1, 0.15) is 35.9 Å². The molecule has 1 aliphatic carbocycles. The smallest absolute Gasteiger partial charge is 0.241 e. The zero-order chi connectivity index (χ0) is 11.0. The summed E-state index contributed by atoms with van der Waals surface area (Å²) in [6.45, 7) is 1.59. The first-order chi connectivity index (χ1) is 7.86. The molecule has 1 amide bonds. The Kier molecular flexibility index (Phi) is 3.69. The molecule has 2 N–H and O–H groups in total. The molecule has 2 fully saturated rings. The molecule has 1 saturated heterocycles. The standard InChI is InChI=1S/C13H16N2O.ClH/c16-13-12(14-7-8-15-13)11-4-2-1-3-10(11)9-5-6-9;/h1-4,9,12,14H,5-8H2,(H,15,16);1H. The first-order valence-corrected chi connectivity index (χ1v) is 5.96. The average molecular weight is 253 g/mol. The van der Waals surface area contributed by atoms with Gasteiger partial charge in [0, 0.05) is 13.1 Å². The highest BCUT2D eigenvalue weighted by Gasteiger charge is 2.31. The van der Waals surface area contributed by atoms with Gasteiger partial charge in [-0.1, -0.05) is 24.3 Å². The second-order valence-corrected chi connectivity index (χ2v) is 4.58. The minimum atomic E-state index is -0.148. The zero-order valence-electron chi connectivity index (χ0n) is 9.61. The Morgan fingerprint density at radius 2 is 1.76 bits per heavy atom. The van der Waals surface area contributed by atoms with E-state index in [1.165, 1.54) is 24.0 Å². The van der Waals surface area contributed by atoms with Gasteiger partial charge >= 0.3 is 0 Å². The number of rotatable bonds is 2. The van der Waals surface area contributed by atoms with Crippen molar-refractivity contribution in [2.75, 3.05) is 13.1 Å². The molecule has 1 unspecified atom stereocenters. The van der Waals surface area contributed by atoms with E-state index in [1.807, 2.05) is 6.07 Å². The largest absolute Gasteiger partial charge is 0.353 e. The molecule has 1 atom stereocenters. The second kappa shape index (κ2) is 5.07. The normalized spacial score (nSPS) is 23.8. The van der Waals surface area contributed by atoms with E-state index in [1.54, 1.807) is 0 Å². The molecule has 4 heteroatoms. The number of carbonyl (C=O) groups is 1. The Morgan fingerprint density at radius 1 is 1.06 bits per heavy atom. The molecule has 0 aromatic heterocycles. The molecule has 2 aliphatic rings. The zero-order valence-corrected chi connectivity index (χ0v) is 10.4. The van der Waals surface area contributed by atoms with E-state index >= 15 is 0 Å². The van der Waals surface area contributed by atoms with Gasteiger partial charge in [0.25, 0.3) is 0 Å². The first-order valence-electron chi connectivity index (χ1n) is 5.96. The Morgan fingerprint density at radius 3 is 2.41 bits per heavy atom. The van der Waals surface area contributed by atoms with E-state index in [4.69, 9.17) is 0 Å². The maximum atomic E-state index is 11.8. The summed E-state index contributed by atoms with van der Waals surface area (Å²) in [5, 5.41) is 6.21. The summed E-state index contributed by atoms with van der Waals surface area (Å²) in [6.07, 6.45) is 2.54. The number of halogens is 1. The molecule has 0 bridgehead atoms. The minimum absolute atomic E-state index is 0. The summed E-state index contributed by atoms with van der Waals surface area (Å²) in [5.41, 5.74) is 2.53. The summed E-state index contributed by atoms with van der Waals surface area (Å²) in [4.78, 5) is 11.8. The second-order valence-electron chi connectivity index (χ2n) is 4.58. The Balaban J connectivity index is 0.00000108. The van der Waals surface area contributed by atoms with E-state index in [2.05, 4.69) is 28.8 Å². The lowest BCUT2D eigenvalue weighted by Gasteiger charge is -2.25. The van der Waals surface area contributed by atoms with Crippen molar-refractivity contribution >= 4 is 18.3 Å². The van der Waals surface area contributed by atoms with Crippen molar-refractivity contribution in [3.8, 4) is 0 Å². The van der Waals surface area contributed by atoms with Crippen molar-refractivity contribution in [3.63, 3.8) is 0 Å². The van der Waals surface area contributed by atoms with Crippen LogP contribution in [0, 0.1) is 0 Å². The summed E-state index contributed by atoms with van der Waals surface area (Å²) >= 11 is 0. The van der Waals surface area contributed by atoms with Crippen LogP contribution < -0.4 is 10.6 Å². The topological polar surface area (TPSA) is 41.1 Å². The summed E-state index contributed by atoms with van der Waals surface area (Å²) in [6, 6.07) is 8.18. The fourth-order valence-corrected chi connectivity index (χ4v) is 2.39. The van der Waals surface area contributed by atoms with Gasteiger partial charge in [-0.05, 0) is 29.9 Å². The van der Waals surface area contributed by atoms with Gasteiger partial charge in [-0.2, -0.15) is 0 Å². The van der Waals surface area contributed by atoms with Crippen LogP contribution in [0.15, 0.2) is 24.3 Å². The number of benzene rings is 1. The Labute approximate surface area is 107 Å². The number of piperazine rings is 1. The number of amides is 1. The van der Waals surface area contributed by atoms with E-state index in [0.29, 0.717) is 5.92 Å². The van der Waals surface area contributed by atoms with Crippen molar-refractivity contribution in [2.24, 2.45) is 0 Å². The maximum Gasteiger partial charge on any atom is 0.241 e. The molecule has 0 spiro atoms. The van der Waals surface area contributed by atoms with Crippen molar-refractivity contribution in [1.29, 1.82) is 0 Å². The van der Waals surface area contributed by atoms with E-state index in [0.717, 1.165) is 13.1 Å². The van der Waals surface area contributed by atoms with Gasteiger partial charge in [0.05, 0.1) is 0 Å². The van der Waals surface area contributed by atoms with E-state index in [-0.39, 0.29) is 24.4 Å². The van der Waals surface area contributed by atoms with Gasteiger partial charge in [-0.3, -0.25) is 4.79 Å². The molecule has 1 heterocycles. The third-order valence-electron chi connectivity index (χ3n) is 3.36. The third kappa shape index (κ3) is 2.45. The molecule has 92 valence electrons. The van der Waals surface area contributed by atoms with E-state index < -0.39 is 0 Å². The van der Waals surface area contributed by atoms with Gasteiger partial charge in [-0.15, -0.1) is 12.4 Å². The first kappa shape index (κ1) is 12.4.